The van der Waals surface area contributed by atoms with Crippen molar-refractivity contribution >= 4 is 5.97 Å². The molecule has 25 heavy (non-hydrogen) atoms. The van der Waals surface area contributed by atoms with Crippen LogP contribution in [0.2, 0.25) is 0 Å². The fourth-order valence-corrected chi connectivity index (χ4v) is 1.91. The molecule has 2 rings (SSSR count). The van der Waals surface area contributed by atoms with Crippen LogP contribution in [0.3, 0.4) is 0 Å². The second kappa shape index (κ2) is 8.06. The van der Waals surface area contributed by atoms with Gasteiger partial charge < -0.3 is 14.2 Å². The topological polar surface area (TPSA) is 44.8 Å². The van der Waals surface area contributed by atoms with Crippen LogP contribution in [0.5, 0.6) is 23.0 Å². The molecule has 4 heteroatoms. The molecule has 0 saturated heterocycles. The van der Waals surface area contributed by atoms with E-state index in [9.17, 15) is 4.79 Å². The second-order valence-electron chi connectivity index (χ2n) is 6.84. The Hall–Kier alpha value is -2.49. The van der Waals surface area contributed by atoms with Gasteiger partial charge in [0.05, 0.1) is 5.92 Å². The molecule has 0 atom stereocenters. The molecule has 0 aliphatic carbocycles. The lowest BCUT2D eigenvalue weighted by atomic mass is 10.1. The van der Waals surface area contributed by atoms with Gasteiger partial charge >= 0.3 is 5.97 Å². The Balaban J connectivity index is 1.97. The SMILES string of the molecule is CCC(C)(C)Oc1ccc(Oc2ccc(OC(=O)C(C)C)cc2)cc1. The van der Waals surface area contributed by atoms with Gasteiger partial charge in [0, 0.05) is 0 Å². The summed E-state index contributed by atoms with van der Waals surface area (Å²) < 4.78 is 17.0. The number of hydrogen-bond acceptors (Lipinski definition) is 4. The van der Waals surface area contributed by atoms with E-state index in [1.807, 2.05) is 24.3 Å². The summed E-state index contributed by atoms with van der Waals surface area (Å²) in [7, 11) is 0. The third-order valence-corrected chi connectivity index (χ3v) is 3.82. The first-order valence-corrected chi connectivity index (χ1v) is 8.58. The molecule has 0 radical (unpaired) electrons. The monoisotopic (exact) mass is 342 g/mol. The second-order valence-corrected chi connectivity index (χ2v) is 6.84. The van der Waals surface area contributed by atoms with Crippen LogP contribution in [-0.2, 0) is 4.79 Å². The summed E-state index contributed by atoms with van der Waals surface area (Å²) >= 11 is 0. The molecule has 0 aliphatic rings. The molecule has 4 nitrogen and oxygen atoms in total. The van der Waals surface area contributed by atoms with Gasteiger partial charge in [0.2, 0.25) is 0 Å². The van der Waals surface area contributed by atoms with E-state index in [1.54, 1.807) is 38.1 Å². The van der Waals surface area contributed by atoms with E-state index in [-0.39, 0.29) is 17.5 Å². The van der Waals surface area contributed by atoms with Crippen LogP contribution in [0.15, 0.2) is 48.5 Å². The molecule has 0 unspecified atom stereocenters. The maximum absolute atomic E-state index is 11.6. The summed E-state index contributed by atoms with van der Waals surface area (Å²) in [4.78, 5) is 11.6. The number of rotatable bonds is 7. The van der Waals surface area contributed by atoms with Crippen molar-refractivity contribution in [1.82, 2.24) is 0 Å². The molecular formula is C21H26O4. The number of carbonyl (C=O) groups excluding carboxylic acids is 1. The minimum atomic E-state index is -0.251. The van der Waals surface area contributed by atoms with E-state index < -0.39 is 0 Å². The van der Waals surface area contributed by atoms with Crippen LogP contribution in [0.25, 0.3) is 0 Å². The van der Waals surface area contributed by atoms with Gasteiger partial charge in [0.15, 0.2) is 0 Å². The highest BCUT2D eigenvalue weighted by Crippen LogP contribution is 2.27. The Morgan fingerprint density at radius 2 is 1.32 bits per heavy atom. The molecule has 0 spiro atoms. The third-order valence-electron chi connectivity index (χ3n) is 3.82. The highest BCUT2D eigenvalue weighted by molar-refractivity contribution is 5.74. The first-order valence-electron chi connectivity index (χ1n) is 8.58. The lowest BCUT2D eigenvalue weighted by molar-refractivity contribution is -0.137. The summed E-state index contributed by atoms with van der Waals surface area (Å²) in [5, 5.41) is 0. The van der Waals surface area contributed by atoms with E-state index in [2.05, 4.69) is 20.8 Å². The molecule has 0 amide bonds. The predicted molar refractivity (Wildman–Crippen MR) is 98.4 cm³/mol. The maximum atomic E-state index is 11.6. The molecule has 134 valence electrons. The molecule has 0 bridgehead atoms. The van der Waals surface area contributed by atoms with Crippen molar-refractivity contribution in [1.29, 1.82) is 0 Å². The summed E-state index contributed by atoms with van der Waals surface area (Å²) in [5.74, 6) is 2.31. The van der Waals surface area contributed by atoms with Gasteiger partial charge in [-0.15, -0.1) is 0 Å². The minimum Gasteiger partial charge on any atom is -0.488 e. The minimum absolute atomic E-state index is 0.158. The van der Waals surface area contributed by atoms with Crippen molar-refractivity contribution in [2.24, 2.45) is 5.92 Å². The fraction of sp³-hybridized carbons (Fsp3) is 0.381. The van der Waals surface area contributed by atoms with E-state index >= 15 is 0 Å². The average molecular weight is 342 g/mol. The van der Waals surface area contributed by atoms with Crippen molar-refractivity contribution in [3.05, 3.63) is 48.5 Å². The average Bonchev–Trinajstić information content (AvgIpc) is 2.58. The highest BCUT2D eigenvalue weighted by atomic mass is 16.5. The fourth-order valence-electron chi connectivity index (χ4n) is 1.91. The van der Waals surface area contributed by atoms with Gasteiger partial charge in [-0.05, 0) is 68.8 Å². The van der Waals surface area contributed by atoms with E-state index in [1.165, 1.54) is 0 Å². The smallest absolute Gasteiger partial charge is 0.313 e. The summed E-state index contributed by atoms with van der Waals surface area (Å²) in [5.41, 5.74) is -0.189. The van der Waals surface area contributed by atoms with Gasteiger partial charge in [0.1, 0.15) is 28.6 Å². The van der Waals surface area contributed by atoms with Crippen LogP contribution < -0.4 is 14.2 Å². The summed E-state index contributed by atoms with van der Waals surface area (Å²) in [6, 6.07) is 14.5. The lowest BCUT2D eigenvalue weighted by Crippen LogP contribution is -2.26. The highest BCUT2D eigenvalue weighted by Gasteiger charge is 2.16. The number of ether oxygens (including phenoxy) is 3. The van der Waals surface area contributed by atoms with Gasteiger partial charge in [-0.25, -0.2) is 0 Å². The molecule has 0 saturated carbocycles. The summed E-state index contributed by atoms with van der Waals surface area (Å²) in [6.45, 7) is 9.82. The Labute approximate surface area is 149 Å². The normalized spacial score (nSPS) is 11.3. The molecule has 0 fully saturated rings. The number of esters is 1. The standard InChI is InChI=1S/C21H26O4/c1-6-21(4,5)25-19-13-11-17(12-14-19)23-16-7-9-18(10-8-16)24-20(22)15(2)3/h7-15H,6H2,1-5H3. The molecule has 2 aromatic carbocycles. The van der Waals surface area contributed by atoms with Crippen molar-refractivity contribution in [3.8, 4) is 23.0 Å². The summed E-state index contributed by atoms with van der Waals surface area (Å²) in [6.07, 6.45) is 0.930. The van der Waals surface area contributed by atoms with Crippen LogP contribution >= 0.6 is 0 Å². The van der Waals surface area contributed by atoms with Crippen LogP contribution in [-0.4, -0.2) is 11.6 Å². The molecule has 0 heterocycles. The van der Waals surface area contributed by atoms with Crippen molar-refractivity contribution < 1.29 is 19.0 Å². The predicted octanol–water partition coefficient (Wildman–Crippen LogP) is 5.61. The number of carbonyl (C=O) groups is 1. The Morgan fingerprint density at radius 1 is 0.880 bits per heavy atom. The van der Waals surface area contributed by atoms with Gasteiger partial charge in [-0.2, -0.15) is 0 Å². The number of hydrogen-bond donors (Lipinski definition) is 0. The number of benzene rings is 2. The zero-order chi connectivity index (χ0) is 18.4. The van der Waals surface area contributed by atoms with Crippen molar-refractivity contribution in [2.75, 3.05) is 0 Å². The quantitative estimate of drug-likeness (QED) is 0.485. The zero-order valence-electron chi connectivity index (χ0n) is 15.5. The first-order chi connectivity index (χ1) is 11.8. The Morgan fingerprint density at radius 3 is 1.76 bits per heavy atom. The van der Waals surface area contributed by atoms with Crippen LogP contribution in [0.4, 0.5) is 0 Å². The largest absolute Gasteiger partial charge is 0.488 e. The maximum Gasteiger partial charge on any atom is 0.313 e. The van der Waals surface area contributed by atoms with Crippen molar-refractivity contribution in [3.63, 3.8) is 0 Å². The lowest BCUT2D eigenvalue weighted by Gasteiger charge is -2.24. The molecule has 0 N–H and O–H groups in total. The van der Waals surface area contributed by atoms with Crippen LogP contribution in [0, 0.1) is 5.92 Å². The van der Waals surface area contributed by atoms with Gasteiger partial charge in [0.25, 0.3) is 0 Å². The molecular weight excluding hydrogens is 316 g/mol. The molecule has 0 aliphatic heterocycles. The van der Waals surface area contributed by atoms with Crippen LogP contribution in [0.1, 0.15) is 41.0 Å². The van der Waals surface area contributed by atoms with Gasteiger partial charge in [-0.1, -0.05) is 20.8 Å². The Bertz CT molecular complexity index is 685. The van der Waals surface area contributed by atoms with Crippen molar-refractivity contribution in [2.45, 2.75) is 46.6 Å². The molecule has 2 aromatic rings. The van der Waals surface area contributed by atoms with E-state index in [4.69, 9.17) is 14.2 Å². The first kappa shape index (κ1) is 18.8. The molecule has 0 aromatic heterocycles. The van der Waals surface area contributed by atoms with E-state index in [0.29, 0.717) is 17.2 Å². The van der Waals surface area contributed by atoms with Gasteiger partial charge in [-0.3, -0.25) is 4.79 Å². The third kappa shape index (κ3) is 5.82. The zero-order valence-corrected chi connectivity index (χ0v) is 15.5. The Kier molecular flexibility index (Phi) is 6.07. The van der Waals surface area contributed by atoms with E-state index in [0.717, 1.165) is 12.2 Å².